The predicted octanol–water partition coefficient (Wildman–Crippen LogP) is -1.28. The van der Waals surface area contributed by atoms with Gasteiger partial charge in [-0.2, -0.15) is 0 Å². The number of hydrogen-bond donors (Lipinski definition) is 2. The van der Waals surface area contributed by atoms with Gasteiger partial charge < -0.3 is 5.32 Å². The van der Waals surface area contributed by atoms with Crippen LogP contribution in [0.2, 0.25) is 0 Å². The van der Waals surface area contributed by atoms with Gasteiger partial charge in [-0.05, 0) is 6.42 Å². The predicted molar refractivity (Wildman–Crippen MR) is 31.1 cm³/mol. The number of carbonyl (C=O) groups excluding carboxylic acids is 2. The average Bonchev–Trinajstić information content (AvgIpc) is 2.20. The van der Waals surface area contributed by atoms with Crippen LogP contribution >= 0.6 is 0 Å². The van der Waals surface area contributed by atoms with Gasteiger partial charge in [0.1, 0.15) is 6.04 Å². The molecule has 2 N–H and O–H groups in total. The second-order valence-corrected chi connectivity index (χ2v) is 2.09. The van der Waals surface area contributed by atoms with Crippen molar-refractivity contribution in [2.24, 2.45) is 0 Å². The van der Waals surface area contributed by atoms with Crippen molar-refractivity contribution in [3.63, 3.8) is 0 Å². The molecule has 1 saturated heterocycles. The summed E-state index contributed by atoms with van der Waals surface area (Å²) in [5, 5.41) is 11.6. The highest BCUT2D eigenvalue weighted by atomic mass is 16.5. The molecule has 0 bridgehead atoms. The topological polar surface area (TPSA) is 69.6 Å². The van der Waals surface area contributed by atoms with Crippen molar-refractivity contribution in [3.05, 3.63) is 0 Å². The first-order valence-corrected chi connectivity index (χ1v) is 2.95. The first kappa shape index (κ1) is 7.01. The van der Waals surface area contributed by atoms with Crippen LogP contribution in [0.3, 0.4) is 0 Å². The van der Waals surface area contributed by atoms with E-state index in [0.717, 1.165) is 0 Å². The minimum absolute atomic E-state index is 0.296. The second-order valence-electron chi connectivity index (χ2n) is 2.09. The third kappa shape index (κ3) is 1.08. The summed E-state index contributed by atoms with van der Waals surface area (Å²) in [5.74, 6) is -0.438. The molecular weight excluding hydrogens is 136 g/mol. The SMILES string of the molecule is O=CNC1CCN(O)C1=O. The van der Waals surface area contributed by atoms with Gasteiger partial charge in [-0.25, -0.2) is 5.06 Å². The summed E-state index contributed by atoms with van der Waals surface area (Å²) in [5.41, 5.74) is 0. The number of hydrogen-bond acceptors (Lipinski definition) is 3. The Balaban J connectivity index is 2.48. The molecule has 0 aromatic rings. The maximum Gasteiger partial charge on any atom is 0.268 e. The molecule has 0 aromatic heterocycles. The summed E-state index contributed by atoms with van der Waals surface area (Å²) in [6.45, 7) is 0.296. The quantitative estimate of drug-likeness (QED) is 0.374. The fourth-order valence-corrected chi connectivity index (χ4v) is 0.902. The third-order valence-corrected chi connectivity index (χ3v) is 1.45. The van der Waals surface area contributed by atoms with E-state index in [1.54, 1.807) is 0 Å². The fourth-order valence-electron chi connectivity index (χ4n) is 0.902. The molecule has 0 aromatic carbocycles. The summed E-state index contributed by atoms with van der Waals surface area (Å²) < 4.78 is 0. The van der Waals surface area contributed by atoms with Gasteiger partial charge in [0.15, 0.2) is 0 Å². The Morgan fingerprint density at radius 2 is 2.50 bits per heavy atom. The lowest BCUT2D eigenvalue weighted by molar-refractivity contribution is -0.158. The molecule has 1 atom stereocenters. The van der Waals surface area contributed by atoms with Crippen LogP contribution in [0.15, 0.2) is 0 Å². The Bertz CT molecular complexity index is 159. The molecule has 5 nitrogen and oxygen atoms in total. The number of nitrogens with one attached hydrogen (secondary N) is 1. The number of nitrogens with zero attached hydrogens (tertiary/aromatic N) is 1. The molecule has 0 saturated carbocycles. The number of amides is 2. The van der Waals surface area contributed by atoms with Crippen molar-refractivity contribution in [2.75, 3.05) is 6.54 Å². The van der Waals surface area contributed by atoms with Crippen LogP contribution in [0, 0.1) is 0 Å². The maximum absolute atomic E-state index is 10.7. The van der Waals surface area contributed by atoms with Crippen molar-refractivity contribution < 1.29 is 14.8 Å². The highest BCUT2D eigenvalue weighted by Crippen LogP contribution is 2.06. The first-order valence-electron chi connectivity index (χ1n) is 2.95. The van der Waals surface area contributed by atoms with Crippen LogP contribution < -0.4 is 5.32 Å². The van der Waals surface area contributed by atoms with E-state index in [0.29, 0.717) is 24.4 Å². The molecule has 1 fully saturated rings. The van der Waals surface area contributed by atoms with E-state index >= 15 is 0 Å². The van der Waals surface area contributed by atoms with E-state index in [1.165, 1.54) is 0 Å². The molecule has 5 heteroatoms. The van der Waals surface area contributed by atoms with E-state index in [9.17, 15) is 9.59 Å². The standard InChI is InChI=1S/C5H8N2O3/c8-3-6-4-1-2-7(10)5(4)9/h3-4,10H,1-2H2,(H,6,8). The largest absolute Gasteiger partial charge is 0.347 e. The molecule has 0 spiro atoms. The number of rotatable bonds is 2. The van der Waals surface area contributed by atoms with Gasteiger partial charge in [-0.15, -0.1) is 0 Å². The van der Waals surface area contributed by atoms with Gasteiger partial charge in [0, 0.05) is 0 Å². The molecule has 1 rings (SSSR count). The highest BCUT2D eigenvalue weighted by Gasteiger charge is 2.29. The highest BCUT2D eigenvalue weighted by molar-refractivity contribution is 5.84. The average molecular weight is 144 g/mol. The van der Waals surface area contributed by atoms with E-state index in [1.807, 2.05) is 0 Å². The molecule has 0 aliphatic carbocycles. The van der Waals surface area contributed by atoms with Gasteiger partial charge in [0.25, 0.3) is 5.91 Å². The summed E-state index contributed by atoms with van der Waals surface area (Å²) >= 11 is 0. The molecule has 2 amide bonds. The van der Waals surface area contributed by atoms with Gasteiger partial charge in [-0.3, -0.25) is 14.8 Å². The van der Waals surface area contributed by atoms with Crippen LogP contribution in [0.4, 0.5) is 0 Å². The van der Waals surface area contributed by atoms with E-state index < -0.39 is 11.9 Å². The third-order valence-electron chi connectivity index (χ3n) is 1.45. The fraction of sp³-hybridized carbons (Fsp3) is 0.600. The minimum atomic E-state index is -0.525. The molecule has 1 aliphatic rings. The zero-order valence-electron chi connectivity index (χ0n) is 5.28. The lowest BCUT2D eigenvalue weighted by atomic mass is 10.3. The van der Waals surface area contributed by atoms with E-state index in [2.05, 4.69) is 5.32 Å². The van der Waals surface area contributed by atoms with Crippen LogP contribution in [-0.2, 0) is 9.59 Å². The Hall–Kier alpha value is -1.10. The Kier molecular flexibility index (Phi) is 1.86. The molecule has 56 valence electrons. The maximum atomic E-state index is 10.7. The van der Waals surface area contributed by atoms with E-state index in [4.69, 9.17) is 5.21 Å². The van der Waals surface area contributed by atoms with Gasteiger partial charge in [0.05, 0.1) is 6.54 Å². The molecule has 1 aliphatic heterocycles. The lowest BCUT2D eigenvalue weighted by Crippen LogP contribution is -2.36. The molecular formula is C5H8N2O3. The first-order chi connectivity index (χ1) is 4.75. The molecule has 1 unspecified atom stereocenters. The Morgan fingerprint density at radius 1 is 1.80 bits per heavy atom. The van der Waals surface area contributed by atoms with Gasteiger partial charge in [-0.1, -0.05) is 0 Å². The monoisotopic (exact) mass is 144 g/mol. The Morgan fingerprint density at radius 3 is 2.90 bits per heavy atom. The smallest absolute Gasteiger partial charge is 0.268 e. The van der Waals surface area contributed by atoms with Crippen molar-refractivity contribution in [1.29, 1.82) is 0 Å². The number of hydroxylamine groups is 2. The molecule has 0 radical (unpaired) electrons. The van der Waals surface area contributed by atoms with Crippen molar-refractivity contribution in [3.8, 4) is 0 Å². The van der Waals surface area contributed by atoms with Crippen molar-refractivity contribution in [2.45, 2.75) is 12.5 Å². The summed E-state index contributed by atoms with van der Waals surface area (Å²) in [7, 11) is 0. The van der Waals surface area contributed by atoms with Crippen LogP contribution in [0.25, 0.3) is 0 Å². The summed E-state index contributed by atoms with van der Waals surface area (Å²) in [4.78, 5) is 20.6. The number of carbonyl (C=O) groups is 2. The van der Waals surface area contributed by atoms with Gasteiger partial charge in [0.2, 0.25) is 6.41 Å². The van der Waals surface area contributed by atoms with Gasteiger partial charge >= 0.3 is 0 Å². The van der Waals surface area contributed by atoms with Crippen LogP contribution in [0.5, 0.6) is 0 Å². The summed E-state index contributed by atoms with van der Waals surface area (Å²) in [6, 6.07) is -0.525. The second kappa shape index (κ2) is 2.66. The Labute approximate surface area is 57.6 Å². The van der Waals surface area contributed by atoms with E-state index in [-0.39, 0.29) is 0 Å². The van der Waals surface area contributed by atoms with Crippen molar-refractivity contribution in [1.82, 2.24) is 10.4 Å². The lowest BCUT2D eigenvalue weighted by Gasteiger charge is -2.06. The van der Waals surface area contributed by atoms with Crippen LogP contribution in [-0.4, -0.2) is 35.2 Å². The zero-order valence-corrected chi connectivity index (χ0v) is 5.28. The molecule has 10 heavy (non-hydrogen) atoms. The minimum Gasteiger partial charge on any atom is -0.347 e. The molecule has 1 heterocycles. The summed E-state index contributed by atoms with van der Waals surface area (Å²) in [6.07, 6.45) is 0.940. The van der Waals surface area contributed by atoms with Crippen LogP contribution in [0.1, 0.15) is 6.42 Å². The normalized spacial score (nSPS) is 25.1. The zero-order chi connectivity index (χ0) is 7.56. The van der Waals surface area contributed by atoms with Crippen molar-refractivity contribution >= 4 is 12.3 Å².